The number of thiocarbonyl (C=S) groups is 1. The van der Waals surface area contributed by atoms with Crippen LogP contribution in [0.3, 0.4) is 0 Å². The topological polar surface area (TPSA) is 26.8 Å². The van der Waals surface area contributed by atoms with Gasteiger partial charge in [0.1, 0.15) is 4.32 Å². The van der Waals surface area contributed by atoms with E-state index in [1.165, 1.54) is 23.0 Å². The second-order valence-electron chi connectivity index (χ2n) is 7.24. The number of benzene rings is 2. The van der Waals surface area contributed by atoms with Crippen molar-refractivity contribution in [2.24, 2.45) is 0 Å². The molecule has 2 aliphatic heterocycles. The lowest BCUT2D eigenvalue weighted by Gasteiger charge is -2.37. The second-order valence-corrected chi connectivity index (χ2v) is 9.36. The van der Waals surface area contributed by atoms with Gasteiger partial charge in [0.05, 0.1) is 11.6 Å². The molecule has 0 N–H and O–H groups in total. The summed E-state index contributed by atoms with van der Waals surface area (Å²) in [5.41, 5.74) is 3.47. The molecule has 29 heavy (non-hydrogen) atoms. The van der Waals surface area contributed by atoms with Crippen LogP contribution in [0.25, 0.3) is 6.08 Å². The highest BCUT2D eigenvalue weighted by molar-refractivity contribution is 8.26. The van der Waals surface area contributed by atoms with E-state index in [1.54, 1.807) is 4.90 Å². The number of halogens is 1. The maximum atomic E-state index is 12.9. The maximum Gasteiger partial charge on any atom is 0.267 e. The molecule has 2 saturated heterocycles. The van der Waals surface area contributed by atoms with Gasteiger partial charge in [-0.1, -0.05) is 65.4 Å². The highest BCUT2D eigenvalue weighted by Crippen LogP contribution is 2.33. The van der Waals surface area contributed by atoms with Crippen LogP contribution in [0.4, 0.5) is 5.69 Å². The lowest BCUT2D eigenvalue weighted by molar-refractivity contribution is -0.123. The van der Waals surface area contributed by atoms with Gasteiger partial charge in [0.2, 0.25) is 0 Å². The Balaban J connectivity index is 1.36. The van der Waals surface area contributed by atoms with E-state index < -0.39 is 0 Å². The van der Waals surface area contributed by atoms with Gasteiger partial charge in [-0.15, -0.1) is 0 Å². The zero-order valence-electron chi connectivity index (χ0n) is 16.2. The van der Waals surface area contributed by atoms with Crippen LogP contribution in [0.15, 0.2) is 53.4 Å². The smallest absolute Gasteiger partial charge is 0.267 e. The molecule has 0 aliphatic carbocycles. The molecular weight excluding hydrogens is 422 g/mol. The summed E-state index contributed by atoms with van der Waals surface area (Å²) in [5, 5.41) is 0.680. The highest BCUT2D eigenvalue weighted by Gasteiger charge is 2.33. The Hall–Kier alpha value is -1.86. The number of carbonyl (C=O) groups is 1. The number of nitrogens with zero attached hydrogens (tertiary/aromatic N) is 3. The van der Waals surface area contributed by atoms with Gasteiger partial charge in [0.25, 0.3) is 5.91 Å². The molecule has 4 rings (SSSR count). The van der Waals surface area contributed by atoms with Crippen molar-refractivity contribution >= 4 is 57.6 Å². The summed E-state index contributed by atoms with van der Waals surface area (Å²) in [6.07, 6.45) is 1.88. The first kappa shape index (κ1) is 20.4. The van der Waals surface area contributed by atoms with Crippen LogP contribution in [-0.2, 0) is 4.79 Å². The Bertz CT molecular complexity index is 936. The number of thioether (sulfide) groups is 1. The average molecular weight is 444 g/mol. The second kappa shape index (κ2) is 8.88. The molecule has 1 amide bonds. The molecule has 150 valence electrons. The van der Waals surface area contributed by atoms with Crippen molar-refractivity contribution in [3.63, 3.8) is 0 Å². The Morgan fingerprint density at radius 1 is 1.03 bits per heavy atom. The Morgan fingerprint density at radius 3 is 2.34 bits per heavy atom. The summed E-state index contributed by atoms with van der Waals surface area (Å²) in [7, 11) is 0. The fourth-order valence-corrected chi connectivity index (χ4v) is 4.80. The minimum atomic E-state index is -0.0177. The molecule has 0 atom stereocenters. The largest absolute Gasteiger partial charge is 0.369 e. The van der Waals surface area contributed by atoms with Crippen molar-refractivity contribution in [1.29, 1.82) is 0 Å². The molecule has 0 aromatic heterocycles. The van der Waals surface area contributed by atoms with Gasteiger partial charge in [-0.25, -0.2) is 0 Å². The Kier molecular flexibility index (Phi) is 6.25. The van der Waals surface area contributed by atoms with Crippen LogP contribution >= 0.6 is 35.6 Å². The van der Waals surface area contributed by atoms with Crippen LogP contribution in [0.1, 0.15) is 11.1 Å². The predicted molar refractivity (Wildman–Crippen MR) is 126 cm³/mol. The number of aryl methyl sites for hydroxylation is 1. The van der Waals surface area contributed by atoms with Gasteiger partial charge in [-0.05, 0) is 42.8 Å². The fraction of sp³-hybridized carbons (Fsp3) is 0.273. The molecule has 0 saturated carbocycles. The zero-order valence-corrected chi connectivity index (χ0v) is 18.6. The van der Waals surface area contributed by atoms with Crippen LogP contribution in [0.2, 0.25) is 5.02 Å². The predicted octanol–water partition coefficient (Wildman–Crippen LogP) is 4.63. The van der Waals surface area contributed by atoms with E-state index >= 15 is 0 Å². The van der Waals surface area contributed by atoms with E-state index in [1.807, 2.05) is 30.3 Å². The van der Waals surface area contributed by atoms with Gasteiger partial charge in [0, 0.05) is 36.9 Å². The van der Waals surface area contributed by atoms with Gasteiger partial charge >= 0.3 is 0 Å². The molecule has 2 aromatic carbocycles. The summed E-state index contributed by atoms with van der Waals surface area (Å²) in [6.45, 7) is 6.34. The average Bonchev–Trinajstić information content (AvgIpc) is 2.98. The van der Waals surface area contributed by atoms with E-state index in [2.05, 4.69) is 41.0 Å². The molecular formula is C22H22ClN3OS2. The molecule has 0 spiro atoms. The summed E-state index contributed by atoms with van der Waals surface area (Å²) in [6, 6.07) is 16.1. The number of carbonyl (C=O) groups excluding carboxylic acids is 1. The number of amides is 1. The summed E-state index contributed by atoms with van der Waals surface area (Å²) < 4.78 is 0.621. The van der Waals surface area contributed by atoms with E-state index in [-0.39, 0.29) is 5.91 Å². The van der Waals surface area contributed by atoms with Crippen molar-refractivity contribution < 1.29 is 4.79 Å². The van der Waals surface area contributed by atoms with Crippen molar-refractivity contribution in [1.82, 2.24) is 9.80 Å². The third-order valence-corrected chi connectivity index (χ3v) is 6.78. The molecule has 0 radical (unpaired) electrons. The maximum absolute atomic E-state index is 12.9. The standard InChI is InChI=1S/C22H22ClN3OS2/c1-16-2-8-19(9-3-16)25-12-10-24(11-13-25)15-26-21(27)20(29-22(26)28)14-17-4-6-18(23)7-5-17/h2-9,14H,10-13,15H2,1H3/b20-14+. The summed E-state index contributed by atoms with van der Waals surface area (Å²) >= 11 is 12.8. The van der Waals surface area contributed by atoms with Crippen molar-refractivity contribution in [2.45, 2.75) is 6.92 Å². The first-order valence-corrected chi connectivity index (χ1v) is 11.1. The molecule has 2 heterocycles. The SMILES string of the molecule is Cc1ccc(N2CCN(CN3C(=O)/C(=C\c4ccc(Cl)cc4)SC3=S)CC2)cc1. The first-order valence-electron chi connectivity index (χ1n) is 9.54. The normalized spacial score (nSPS) is 19.4. The van der Waals surface area contributed by atoms with E-state index in [0.29, 0.717) is 20.9 Å². The third-order valence-electron chi connectivity index (χ3n) is 5.15. The Morgan fingerprint density at radius 2 is 1.69 bits per heavy atom. The first-order chi connectivity index (χ1) is 14.0. The summed E-state index contributed by atoms with van der Waals surface area (Å²) in [4.78, 5) is 19.9. The van der Waals surface area contributed by atoms with Crippen LogP contribution in [-0.4, -0.2) is 52.9 Å². The van der Waals surface area contributed by atoms with Crippen LogP contribution in [0.5, 0.6) is 0 Å². The number of hydrogen-bond acceptors (Lipinski definition) is 5. The molecule has 0 unspecified atom stereocenters. The monoisotopic (exact) mass is 443 g/mol. The number of anilines is 1. The molecule has 4 nitrogen and oxygen atoms in total. The molecule has 0 bridgehead atoms. The molecule has 2 aliphatic rings. The molecule has 7 heteroatoms. The van der Waals surface area contributed by atoms with Gasteiger partial charge in [0.15, 0.2) is 0 Å². The third kappa shape index (κ3) is 4.83. The molecule has 2 fully saturated rings. The van der Waals surface area contributed by atoms with Crippen LogP contribution in [0, 0.1) is 6.92 Å². The fourth-order valence-electron chi connectivity index (χ4n) is 3.44. The van der Waals surface area contributed by atoms with E-state index in [4.69, 9.17) is 23.8 Å². The van der Waals surface area contributed by atoms with E-state index in [0.717, 1.165) is 31.7 Å². The minimum Gasteiger partial charge on any atom is -0.369 e. The summed E-state index contributed by atoms with van der Waals surface area (Å²) in [5.74, 6) is -0.0177. The highest BCUT2D eigenvalue weighted by atomic mass is 35.5. The zero-order chi connectivity index (χ0) is 20.4. The van der Waals surface area contributed by atoms with Gasteiger partial charge in [-0.3, -0.25) is 14.6 Å². The van der Waals surface area contributed by atoms with Crippen LogP contribution < -0.4 is 4.90 Å². The van der Waals surface area contributed by atoms with Crippen molar-refractivity contribution in [2.75, 3.05) is 37.7 Å². The van der Waals surface area contributed by atoms with Crippen molar-refractivity contribution in [3.8, 4) is 0 Å². The minimum absolute atomic E-state index is 0.0177. The number of piperazine rings is 1. The lowest BCUT2D eigenvalue weighted by Crippen LogP contribution is -2.50. The number of rotatable bonds is 4. The number of hydrogen-bond donors (Lipinski definition) is 0. The Labute approximate surface area is 186 Å². The van der Waals surface area contributed by atoms with Gasteiger partial charge in [-0.2, -0.15) is 0 Å². The van der Waals surface area contributed by atoms with E-state index in [9.17, 15) is 4.79 Å². The molecule has 2 aromatic rings. The quantitative estimate of drug-likeness (QED) is 0.507. The lowest BCUT2D eigenvalue weighted by atomic mass is 10.2. The van der Waals surface area contributed by atoms with Gasteiger partial charge < -0.3 is 4.90 Å². The van der Waals surface area contributed by atoms with Crippen molar-refractivity contribution in [3.05, 3.63) is 69.6 Å².